The second-order valence-corrected chi connectivity index (χ2v) is 9.54. The summed E-state index contributed by atoms with van der Waals surface area (Å²) < 4.78 is 12.4. The van der Waals surface area contributed by atoms with E-state index in [-0.39, 0.29) is 0 Å². The van der Waals surface area contributed by atoms with Crippen LogP contribution in [0.2, 0.25) is 0 Å². The quantitative estimate of drug-likeness (QED) is 0.221. The number of nitrogens with zero attached hydrogens (tertiary/aromatic N) is 2. The Kier molecular flexibility index (Phi) is 7.24. The van der Waals surface area contributed by atoms with E-state index in [0.717, 1.165) is 70.9 Å². The molecule has 5 rings (SSSR count). The maximum Gasteiger partial charge on any atom is 0.137 e. The number of hydrogen-bond donors (Lipinski definition) is 1. The SMILES string of the molecule is CCN(CCCN(C)C)c1ccc2c(-c3ccc(Oc4ccccc4)cc3)c3ccc(=N)cc-3oc2c1. The third-order valence-corrected chi connectivity index (χ3v) is 6.61. The van der Waals surface area contributed by atoms with E-state index in [0.29, 0.717) is 11.1 Å². The van der Waals surface area contributed by atoms with Gasteiger partial charge in [0.2, 0.25) is 0 Å². The molecule has 0 spiro atoms. The summed E-state index contributed by atoms with van der Waals surface area (Å²) in [5, 5.41) is 9.64. The highest BCUT2D eigenvalue weighted by molar-refractivity contribution is 6.02. The molecule has 1 aliphatic heterocycles. The van der Waals surface area contributed by atoms with E-state index in [1.807, 2.05) is 54.6 Å². The molecule has 0 aromatic heterocycles. The molecule has 188 valence electrons. The van der Waals surface area contributed by atoms with Gasteiger partial charge >= 0.3 is 0 Å². The van der Waals surface area contributed by atoms with Gasteiger partial charge in [-0.1, -0.05) is 30.3 Å². The summed E-state index contributed by atoms with van der Waals surface area (Å²) in [6.45, 7) is 5.16. The smallest absolute Gasteiger partial charge is 0.137 e. The van der Waals surface area contributed by atoms with Crippen molar-refractivity contribution >= 4 is 16.7 Å². The highest BCUT2D eigenvalue weighted by Gasteiger charge is 2.18. The number of benzene rings is 4. The van der Waals surface area contributed by atoms with Gasteiger partial charge in [0, 0.05) is 47.4 Å². The summed E-state index contributed by atoms with van der Waals surface area (Å²) in [6, 6.07) is 30.1. The molecule has 1 heterocycles. The van der Waals surface area contributed by atoms with Crippen molar-refractivity contribution in [2.75, 3.05) is 38.6 Å². The van der Waals surface area contributed by atoms with Gasteiger partial charge in [-0.2, -0.15) is 0 Å². The van der Waals surface area contributed by atoms with E-state index in [4.69, 9.17) is 14.6 Å². The molecular formula is C32H33N3O2. The minimum Gasteiger partial charge on any atom is -0.457 e. The van der Waals surface area contributed by atoms with Crippen LogP contribution in [0.3, 0.4) is 0 Å². The van der Waals surface area contributed by atoms with Crippen LogP contribution < -0.4 is 15.0 Å². The van der Waals surface area contributed by atoms with Crippen molar-refractivity contribution < 1.29 is 9.15 Å². The minimum absolute atomic E-state index is 0.434. The van der Waals surface area contributed by atoms with Crippen molar-refractivity contribution in [2.45, 2.75) is 13.3 Å². The Morgan fingerprint density at radius 3 is 2.30 bits per heavy atom. The first kappa shape index (κ1) is 24.6. The number of fused-ring (bicyclic) bond motifs is 2. The van der Waals surface area contributed by atoms with Crippen LogP contribution in [0.1, 0.15) is 13.3 Å². The zero-order chi connectivity index (χ0) is 25.8. The zero-order valence-electron chi connectivity index (χ0n) is 21.7. The maximum atomic E-state index is 8.16. The van der Waals surface area contributed by atoms with E-state index in [1.165, 1.54) is 0 Å². The fraction of sp³-hybridized carbons (Fsp3) is 0.219. The average Bonchev–Trinajstić information content (AvgIpc) is 2.90. The van der Waals surface area contributed by atoms with Crippen LogP contribution in [0.25, 0.3) is 33.4 Å². The van der Waals surface area contributed by atoms with Crippen LogP contribution in [0.15, 0.2) is 95.4 Å². The molecule has 0 atom stereocenters. The van der Waals surface area contributed by atoms with Crippen molar-refractivity contribution in [1.29, 1.82) is 5.41 Å². The Labute approximate surface area is 218 Å². The number of nitrogens with one attached hydrogen (secondary N) is 1. The Bertz CT molecular complexity index is 1510. The molecular weight excluding hydrogens is 458 g/mol. The Morgan fingerprint density at radius 2 is 1.57 bits per heavy atom. The lowest BCUT2D eigenvalue weighted by molar-refractivity contribution is 0.400. The van der Waals surface area contributed by atoms with E-state index >= 15 is 0 Å². The summed E-state index contributed by atoms with van der Waals surface area (Å²) in [5.74, 6) is 2.31. The number of rotatable bonds is 9. The highest BCUT2D eigenvalue weighted by atomic mass is 16.5. The van der Waals surface area contributed by atoms with E-state index < -0.39 is 0 Å². The molecule has 2 aliphatic rings. The molecule has 0 saturated carbocycles. The van der Waals surface area contributed by atoms with Crippen molar-refractivity contribution in [1.82, 2.24) is 4.90 Å². The van der Waals surface area contributed by atoms with Gasteiger partial charge in [-0.3, -0.25) is 0 Å². The number of para-hydroxylation sites is 1. The largest absolute Gasteiger partial charge is 0.457 e. The zero-order valence-corrected chi connectivity index (χ0v) is 21.7. The van der Waals surface area contributed by atoms with Crippen LogP contribution in [-0.4, -0.2) is 38.6 Å². The third kappa shape index (κ3) is 5.52. The fourth-order valence-electron chi connectivity index (χ4n) is 4.75. The highest BCUT2D eigenvalue weighted by Crippen LogP contribution is 2.41. The van der Waals surface area contributed by atoms with E-state index in [9.17, 15) is 0 Å². The molecule has 0 fully saturated rings. The standard InChI is InChI=1S/C32H33N3O2/c1-4-35(20-8-19-34(2)3)25-14-18-29-31(22-25)37-30-21-24(33)13-17-28(30)32(29)23-11-15-27(16-12-23)36-26-9-6-5-7-10-26/h5-7,9-18,21-22,33H,4,8,19-20H2,1-3H3. The normalized spacial score (nSPS) is 11.4. The Hall–Kier alpha value is -4.09. The molecule has 37 heavy (non-hydrogen) atoms. The first-order chi connectivity index (χ1) is 18.0. The number of ether oxygens (including phenoxy) is 1. The van der Waals surface area contributed by atoms with Gasteiger partial charge in [-0.05, 0) is 88.1 Å². The summed E-state index contributed by atoms with van der Waals surface area (Å²) in [5.41, 5.74) is 5.14. The van der Waals surface area contributed by atoms with Gasteiger partial charge in [0.1, 0.15) is 22.8 Å². The summed E-state index contributed by atoms with van der Waals surface area (Å²) in [6.07, 6.45) is 1.10. The van der Waals surface area contributed by atoms with Gasteiger partial charge in [0.15, 0.2) is 0 Å². The first-order valence-corrected chi connectivity index (χ1v) is 12.8. The van der Waals surface area contributed by atoms with Crippen molar-refractivity contribution in [3.05, 3.63) is 96.4 Å². The van der Waals surface area contributed by atoms with Gasteiger partial charge in [-0.25, -0.2) is 0 Å². The van der Waals surface area contributed by atoms with Gasteiger partial charge < -0.3 is 24.4 Å². The molecule has 1 N–H and O–H groups in total. The van der Waals surface area contributed by atoms with Crippen molar-refractivity contribution in [3.63, 3.8) is 0 Å². The monoisotopic (exact) mass is 491 g/mol. The predicted molar refractivity (Wildman–Crippen MR) is 152 cm³/mol. The van der Waals surface area contributed by atoms with Crippen molar-refractivity contribution in [2.24, 2.45) is 0 Å². The molecule has 5 nitrogen and oxygen atoms in total. The average molecular weight is 492 g/mol. The van der Waals surface area contributed by atoms with Crippen molar-refractivity contribution in [3.8, 4) is 33.9 Å². The summed E-state index contributed by atoms with van der Waals surface area (Å²) in [4.78, 5) is 4.61. The van der Waals surface area contributed by atoms with E-state index in [1.54, 1.807) is 6.07 Å². The number of hydrogen-bond acceptors (Lipinski definition) is 5. The molecule has 0 amide bonds. The lowest BCUT2D eigenvalue weighted by Crippen LogP contribution is -2.26. The molecule has 1 aliphatic carbocycles. The second kappa shape index (κ2) is 10.9. The van der Waals surface area contributed by atoms with Crippen LogP contribution in [0.4, 0.5) is 5.69 Å². The lowest BCUT2D eigenvalue weighted by atomic mass is 9.93. The van der Waals surface area contributed by atoms with Crippen LogP contribution in [0.5, 0.6) is 11.5 Å². The summed E-state index contributed by atoms with van der Waals surface area (Å²) >= 11 is 0. The van der Waals surface area contributed by atoms with Crippen LogP contribution in [-0.2, 0) is 0 Å². The van der Waals surface area contributed by atoms with Gasteiger partial charge in [0.25, 0.3) is 0 Å². The molecule has 3 aromatic carbocycles. The molecule has 0 unspecified atom stereocenters. The lowest BCUT2D eigenvalue weighted by Gasteiger charge is -2.25. The molecule has 5 heteroatoms. The van der Waals surface area contributed by atoms with Gasteiger partial charge in [-0.15, -0.1) is 0 Å². The maximum absolute atomic E-state index is 8.16. The molecule has 3 aromatic rings. The molecule has 0 radical (unpaired) electrons. The third-order valence-electron chi connectivity index (χ3n) is 6.61. The summed E-state index contributed by atoms with van der Waals surface area (Å²) in [7, 11) is 4.22. The topological polar surface area (TPSA) is 52.7 Å². The number of anilines is 1. The molecule has 0 bridgehead atoms. The fourth-order valence-corrected chi connectivity index (χ4v) is 4.75. The second-order valence-electron chi connectivity index (χ2n) is 9.54. The van der Waals surface area contributed by atoms with Crippen LogP contribution >= 0.6 is 0 Å². The predicted octanol–water partition coefficient (Wildman–Crippen LogP) is 7.25. The van der Waals surface area contributed by atoms with Gasteiger partial charge in [0.05, 0.1) is 5.36 Å². The minimum atomic E-state index is 0.434. The van der Waals surface area contributed by atoms with Crippen LogP contribution in [0, 0.1) is 5.41 Å². The Morgan fingerprint density at radius 1 is 0.811 bits per heavy atom. The molecule has 0 saturated heterocycles. The first-order valence-electron chi connectivity index (χ1n) is 12.8. The van der Waals surface area contributed by atoms with E-state index in [2.05, 4.69) is 61.2 Å². The Balaban J connectivity index is 1.56.